The van der Waals surface area contributed by atoms with Crippen molar-refractivity contribution in [3.8, 4) is 0 Å². The lowest BCUT2D eigenvalue weighted by Gasteiger charge is -2.36. The Bertz CT molecular complexity index is 254. The number of esters is 1. The molecule has 0 aromatic carbocycles. The third kappa shape index (κ3) is 5.38. The van der Waals surface area contributed by atoms with Crippen molar-refractivity contribution in [3.05, 3.63) is 0 Å². The lowest BCUT2D eigenvalue weighted by molar-refractivity contribution is -0.160. The highest BCUT2D eigenvalue weighted by molar-refractivity contribution is 5.65. The van der Waals surface area contributed by atoms with E-state index < -0.39 is 0 Å². The predicted molar refractivity (Wildman–Crippen MR) is 72.5 cm³/mol. The van der Waals surface area contributed by atoms with Crippen LogP contribution in [-0.2, 0) is 14.3 Å². The summed E-state index contributed by atoms with van der Waals surface area (Å²) < 4.78 is 11.3. The molecule has 106 valence electrons. The van der Waals surface area contributed by atoms with Crippen LogP contribution < -0.4 is 0 Å². The van der Waals surface area contributed by atoms with Crippen molar-refractivity contribution in [3.63, 3.8) is 0 Å². The molecule has 1 aliphatic rings. The van der Waals surface area contributed by atoms with E-state index in [9.17, 15) is 4.79 Å². The van der Waals surface area contributed by atoms with E-state index in [0.29, 0.717) is 18.6 Å². The normalized spacial score (nSPS) is 19.6. The average molecular weight is 256 g/mol. The Labute approximate surface area is 111 Å². The molecule has 3 heteroatoms. The summed E-state index contributed by atoms with van der Waals surface area (Å²) in [6, 6.07) is 0. The molecule has 1 aliphatic carbocycles. The molecule has 1 rings (SSSR count). The minimum atomic E-state index is -0.385. The van der Waals surface area contributed by atoms with Gasteiger partial charge in [-0.15, -0.1) is 0 Å². The van der Waals surface area contributed by atoms with Gasteiger partial charge in [0, 0.05) is 6.92 Å². The number of ether oxygens (including phenoxy) is 2. The molecule has 1 saturated carbocycles. The van der Waals surface area contributed by atoms with Crippen LogP contribution in [0.25, 0.3) is 0 Å². The fraction of sp³-hybridized carbons (Fsp3) is 0.933. The summed E-state index contributed by atoms with van der Waals surface area (Å²) in [6.45, 7) is 7.96. The Morgan fingerprint density at radius 1 is 1.28 bits per heavy atom. The van der Waals surface area contributed by atoms with Gasteiger partial charge in [0.2, 0.25) is 0 Å². The molecule has 0 heterocycles. The van der Waals surface area contributed by atoms with Crippen LogP contribution in [0, 0.1) is 5.92 Å². The first-order chi connectivity index (χ1) is 8.44. The Morgan fingerprint density at radius 2 is 1.89 bits per heavy atom. The molecule has 0 aromatic rings. The van der Waals surface area contributed by atoms with Gasteiger partial charge in [0.25, 0.3) is 0 Å². The Morgan fingerprint density at radius 3 is 2.39 bits per heavy atom. The van der Waals surface area contributed by atoms with Gasteiger partial charge in [0.05, 0.1) is 11.7 Å². The van der Waals surface area contributed by atoms with E-state index in [1.54, 1.807) is 0 Å². The molecule has 1 atom stereocenters. The van der Waals surface area contributed by atoms with Crippen LogP contribution in [0.5, 0.6) is 0 Å². The van der Waals surface area contributed by atoms with E-state index in [1.165, 1.54) is 39.0 Å². The van der Waals surface area contributed by atoms with Gasteiger partial charge < -0.3 is 9.47 Å². The fourth-order valence-electron chi connectivity index (χ4n) is 2.74. The van der Waals surface area contributed by atoms with E-state index in [2.05, 4.69) is 6.92 Å². The molecular weight excluding hydrogens is 228 g/mol. The van der Waals surface area contributed by atoms with Crippen molar-refractivity contribution < 1.29 is 14.3 Å². The summed E-state index contributed by atoms with van der Waals surface area (Å²) in [6.07, 6.45) is 7.92. The molecule has 0 radical (unpaired) electrons. The van der Waals surface area contributed by atoms with Crippen LogP contribution in [0.2, 0.25) is 0 Å². The molecule has 1 unspecified atom stereocenters. The van der Waals surface area contributed by atoms with Gasteiger partial charge in [0.15, 0.2) is 0 Å². The summed E-state index contributed by atoms with van der Waals surface area (Å²) in [5.41, 5.74) is -0.385. The highest BCUT2D eigenvalue weighted by Gasteiger charge is 2.30. The summed E-state index contributed by atoms with van der Waals surface area (Å²) >= 11 is 0. The van der Waals surface area contributed by atoms with Crippen molar-refractivity contribution in [1.82, 2.24) is 0 Å². The lowest BCUT2D eigenvalue weighted by atomic mass is 9.84. The lowest BCUT2D eigenvalue weighted by Crippen LogP contribution is -2.39. The maximum absolute atomic E-state index is 10.9. The second kappa shape index (κ2) is 7.13. The smallest absolute Gasteiger partial charge is 0.302 e. The predicted octanol–water partition coefficient (Wildman–Crippen LogP) is 3.70. The summed E-state index contributed by atoms with van der Waals surface area (Å²) in [5.74, 6) is 0.442. The van der Waals surface area contributed by atoms with Gasteiger partial charge in [-0.05, 0) is 39.0 Å². The SMILES string of the molecule is CCC(OC(C)(C)COC(C)=O)C1CCCCC1. The first kappa shape index (κ1) is 15.5. The summed E-state index contributed by atoms with van der Waals surface area (Å²) in [5, 5.41) is 0. The number of hydrogen-bond donors (Lipinski definition) is 0. The zero-order valence-corrected chi connectivity index (χ0v) is 12.3. The van der Waals surface area contributed by atoms with Crippen molar-refractivity contribution in [1.29, 1.82) is 0 Å². The van der Waals surface area contributed by atoms with Crippen LogP contribution in [-0.4, -0.2) is 24.3 Å². The first-order valence-electron chi connectivity index (χ1n) is 7.26. The fourth-order valence-corrected chi connectivity index (χ4v) is 2.74. The first-order valence-corrected chi connectivity index (χ1v) is 7.26. The second-order valence-corrected chi connectivity index (χ2v) is 6.00. The van der Waals surface area contributed by atoms with E-state index >= 15 is 0 Å². The van der Waals surface area contributed by atoms with Crippen molar-refractivity contribution in [2.24, 2.45) is 5.92 Å². The van der Waals surface area contributed by atoms with Crippen molar-refractivity contribution in [2.45, 2.75) is 77.9 Å². The van der Waals surface area contributed by atoms with Gasteiger partial charge >= 0.3 is 5.97 Å². The minimum Gasteiger partial charge on any atom is -0.463 e. The highest BCUT2D eigenvalue weighted by Crippen LogP contribution is 2.31. The molecule has 0 aromatic heterocycles. The van der Waals surface area contributed by atoms with Crippen molar-refractivity contribution >= 4 is 5.97 Å². The molecule has 0 aliphatic heterocycles. The number of rotatable bonds is 6. The van der Waals surface area contributed by atoms with Gasteiger partial charge in [-0.25, -0.2) is 0 Å². The van der Waals surface area contributed by atoms with E-state index in [1.807, 2.05) is 13.8 Å². The summed E-state index contributed by atoms with van der Waals surface area (Å²) in [7, 11) is 0. The van der Waals surface area contributed by atoms with E-state index in [4.69, 9.17) is 9.47 Å². The quantitative estimate of drug-likeness (QED) is 0.680. The Hall–Kier alpha value is -0.570. The van der Waals surface area contributed by atoms with Crippen molar-refractivity contribution in [2.75, 3.05) is 6.61 Å². The third-order valence-corrected chi connectivity index (χ3v) is 3.67. The Balaban J connectivity index is 2.46. The maximum Gasteiger partial charge on any atom is 0.302 e. The molecular formula is C15H28O3. The molecule has 0 amide bonds. The zero-order chi connectivity index (χ0) is 13.6. The molecule has 0 spiro atoms. The molecule has 0 saturated heterocycles. The van der Waals surface area contributed by atoms with Gasteiger partial charge in [-0.1, -0.05) is 26.2 Å². The molecule has 18 heavy (non-hydrogen) atoms. The molecule has 1 fully saturated rings. The molecule has 0 bridgehead atoms. The number of hydrogen-bond acceptors (Lipinski definition) is 3. The topological polar surface area (TPSA) is 35.5 Å². The van der Waals surface area contributed by atoms with E-state index in [0.717, 1.165) is 6.42 Å². The summed E-state index contributed by atoms with van der Waals surface area (Å²) in [4.78, 5) is 10.9. The molecule has 0 N–H and O–H groups in total. The monoisotopic (exact) mass is 256 g/mol. The largest absolute Gasteiger partial charge is 0.463 e. The van der Waals surface area contributed by atoms with Gasteiger partial charge in [-0.3, -0.25) is 4.79 Å². The van der Waals surface area contributed by atoms with Gasteiger partial charge in [0.1, 0.15) is 6.61 Å². The Kier molecular flexibility index (Phi) is 6.13. The van der Waals surface area contributed by atoms with E-state index in [-0.39, 0.29) is 11.6 Å². The number of carbonyl (C=O) groups excluding carboxylic acids is 1. The second-order valence-electron chi connectivity index (χ2n) is 6.00. The zero-order valence-electron chi connectivity index (χ0n) is 12.3. The van der Waals surface area contributed by atoms with Crippen LogP contribution in [0.1, 0.15) is 66.2 Å². The highest BCUT2D eigenvalue weighted by atomic mass is 16.6. The van der Waals surface area contributed by atoms with Crippen LogP contribution in [0.15, 0.2) is 0 Å². The molecule has 3 nitrogen and oxygen atoms in total. The van der Waals surface area contributed by atoms with Gasteiger partial charge in [-0.2, -0.15) is 0 Å². The van der Waals surface area contributed by atoms with Crippen LogP contribution >= 0.6 is 0 Å². The standard InChI is InChI=1S/C15H28O3/c1-5-14(13-9-7-6-8-10-13)18-15(3,4)11-17-12(2)16/h13-14H,5-11H2,1-4H3. The van der Waals surface area contributed by atoms with Crippen LogP contribution in [0.4, 0.5) is 0 Å². The third-order valence-electron chi connectivity index (χ3n) is 3.67. The van der Waals surface area contributed by atoms with Crippen LogP contribution in [0.3, 0.4) is 0 Å². The maximum atomic E-state index is 10.9. The number of carbonyl (C=O) groups is 1. The minimum absolute atomic E-state index is 0.239. The average Bonchev–Trinajstić information content (AvgIpc) is 2.35.